The van der Waals surface area contributed by atoms with Crippen LogP contribution in [0.4, 0.5) is 25.8 Å². The first-order valence-corrected chi connectivity index (χ1v) is 7.24. The highest BCUT2D eigenvalue weighted by Crippen LogP contribution is 2.31. The van der Waals surface area contributed by atoms with E-state index < -0.39 is 11.6 Å². The Morgan fingerprint density at radius 3 is 2.62 bits per heavy atom. The van der Waals surface area contributed by atoms with Crippen molar-refractivity contribution in [2.45, 2.75) is 13.3 Å². The summed E-state index contributed by atoms with van der Waals surface area (Å²) in [5, 5.41) is 2.95. The van der Waals surface area contributed by atoms with Crippen LogP contribution in [-0.2, 0) is 0 Å². The van der Waals surface area contributed by atoms with Gasteiger partial charge < -0.3 is 15.8 Å². The number of nitrogens with one attached hydrogen (secondary N) is 1. The van der Waals surface area contributed by atoms with Crippen molar-refractivity contribution in [3.8, 4) is 5.75 Å². The molecule has 0 heterocycles. The van der Waals surface area contributed by atoms with Crippen LogP contribution in [-0.4, -0.2) is 6.61 Å². The monoisotopic (exact) mass is 356 g/mol. The smallest absolute Gasteiger partial charge is 0.167 e. The van der Waals surface area contributed by atoms with Gasteiger partial charge in [0.15, 0.2) is 11.6 Å². The fraction of sp³-hybridized carbons (Fsp3) is 0.200. The summed E-state index contributed by atoms with van der Waals surface area (Å²) < 4.78 is 32.9. The van der Waals surface area contributed by atoms with Crippen LogP contribution >= 0.6 is 15.9 Å². The van der Waals surface area contributed by atoms with Crippen LogP contribution in [0.25, 0.3) is 0 Å². The number of hydrogen-bond donors (Lipinski definition) is 2. The molecule has 0 fully saturated rings. The largest absolute Gasteiger partial charge is 0.490 e. The number of ether oxygens (including phenoxy) is 1. The van der Waals surface area contributed by atoms with E-state index in [-0.39, 0.29) is 11.4 Å². The standard InChI is InChI=1S/C15H15BrF2N2O/c1-2-5-21-15-8-14(13(19)7-12(15)18)20-9-3-4-10(16)11(17)6-9/h3-4,6-8,20H,2,5,19H2,1H3. The maximum absolute atomic E-state index is 13.7. The average Bonchev–Trinajstić information content (AvgIpc) is 2.44. The summed E-state index contributed by atoms with van der Waals surface area (Å²) in [6, 6.07) is 7.23. The Hall–Kier alpha value is -1.82. The molecule has 0 spiro atoms. The molecule has 0 bridgehead atoms. The molecule has 0 radical (unpaired) electrons. The van der Waals surface area contributed by atoms with Crippen molar-refractivity contribution in [1.29, 1.82) is 0 Å². The molecule has 21 heavy (non-hydrogen) atoms. The zero-order valence-electron chi connectivity index (χ0n) is 11.4. The SMILES string of the molecule is CCCOc1cc(Nc2ccc(Br)c(F)c2)c(N)cc1F. The van der Waals surface area contributed by atoms with E-state index in [9.17, 15) is 8.78 Å². The number of rotatable bonds is 5. The molecule has 0 atom stereocenters. The lowest BCUT2D eigenvalue weighted by Crippen LogP contribution is -2.02. The highest BCUT2D eigenvalue weighted by Gasteiger charge is 2.10. The van der Waals surface area contributed by atoms with Gasteiger partial charge in [-0.05, 0) is 40.5 Å². The fourth-order valence-corrected chi connectivity index (χ4v) is 1.98. The van der Waals surface area contributed by atoms with Crippen LogP contribution in [0.3, 0.4) is 0 Å². The summed E-state index contributed by atoms with van der Waals surface area (Å²) in [5.41, 5.74) is 6.97. The number of hydrogen-bond acceptors (Lipinski definition) is 3. The summed E-state index contributed by atoms with van der Waals surface area (Å²) in [5.74, 6) is -0.803. The summed E-state index contributed by atoms with van der Waals surface area (Å²) in [7, 11) is 0. The predicted octanol–water partition coefficient (Wildman–Crippen LogP) is 4.84. The van der Waals surface area contributed by atoms with Gasteiger partial charge in [0.05, 0.1) is 22.5 Å². The Labute approximate surface area is 130 Å². The van der Waals surface area contributed by atoms with Crippen molar-refractivity contribution in [3.05, 3.63) is 46.4 Å². The van der Waals surface area contributed by atoms with Crippen LogP contribution in [0.1, 0.15) is 13.3 Å². The zero-order valence-corrected chi connectivity index (χ0v) is 13.0. The molecule has 0 saturated heterocycles. The molecule has 3 N–H and O–H groups in total. The summed E-state index contributed by atoms with van der Waals surface area (Å²) in [6.45, 7) is 2.34. The van der Waals surface area contributed by atoms with Gasteiger partial charge in [-0.3, -0.25) is 0 Å². The second-order valence-electron chi connectivity index (χ2n) is 4.47. The molecular weight excluding hydrogens is 342 g/mol. The molecule has 2 aromatic rings. The van der Waals surface area contributed by atoms with Crippen molar-refractivity contribution >= 4 is 33.0 Å². The van der Waals surface area contributed by atoms with Gasteiger partial charge in [0.1, 0.15) is 5.82 Å². The lowest BCUT2D eigenvalue weighted by Gasteiger charge is -2.13. The molecule has 2 rings (SSSR count). The molecule has 0 unspecified atom stereocenters. The molecule has 0 amide bonds. The van der Waals surface area contributed by atoms with Crippen LogP contribution in [0, 0.1) is 11.6 Å². The van der Waals surface area contributed by atoms with Crippen LogP contribution in [0.2, 0.25) is 0 Å². The normalized spacial score (nSPS) is 10.5. The fourth-order valence-electron chi connectivity index (χ4n) is 1.73. The molecule has 6 heteroatoms. The lowest BCUT2D eigenvalue weighted by molar-refractivity contribution is 0.301. The summed E-state index contributed by atoms with van der Waals surface area (Å²) >= 11 is 3.08. The molecule has 0 saturated carbocycles. The maximum Gasteiger partial charge on any atom is 0.167 e. The number of benzene rings is 2. The molecule has 2 aromatic carbocycles. The topological polar surface area (TPSA) is 47.3 Å². The van der Waals surface area contributed by atoms with E-state index in [0.29, 0.717) is 22.5 Å². The molecule has 0 aromatic heterocycles. The van der Waals surface area contributed by atoms with Gasteiger partial charge in [0.25, 0.3) is 0 Å². The third-order valence-corrected chi connectivity index (χ3v) is 3.41. The minimum Gasteiger partial charge on any atom is -0.490 e. The van der Waals surface area contributed by atoms with Gasteiger partial charge in [-0.15, -0.1) is 0 Å². The first kappa shape index (κ1) is 15.6. The first-order chi connectivity index (χ1) is 10.0. The van der Waals surface area contributed by atoms with Crippen LogP contribution in [0.5, 0.6) is 5.75 Å². The number of nitrogen functional groups attached to an aromatic ring is 1. The first-order valence-electron chi connectivity index (χ1n) is 6.45. The van der Waals surface area contributed by atoms with Gasteiger partial charge in [-0.25, -0.2) is 8.78 Å². The number of nitrogens with two attached hydrogens (primary N) is 1. The van der Waals surface area contributed by atoms with Crippen molar-refractivity contribution < 1.29 is 13.5 Å². The lowest BCUT2D eigenvalue weighted by atomic mass is 10.2. The van der Waals surface area contributed by atoms with E-state index in [4.69, 9.17) is 10.5 Å². The highest BCUT2D eigenvalue weighted by atomic mass is 79.9. The molecule has 3 nitrogen and oxygen atoms in total. The average molecular weight is 357 g/mol. The Balaban J connectivity index is 2.28. The van der Waals surface area contributed by atoms with E-state index in [2.05, 4.69) is 21.2 Å². The van der Waals surface area contributed by atoms with E-state index in [1.165, 1.54) is 18.2 Å². The maximum atomic E-state index is 13.7. The Morgan fingerprint density at radius 1 is 1.19 bits per heavy atom. The Kier molecular flexibility index (Phi) is 5.01. The van der Waals surface area contributed by atoms with Gasteiger partial charge in [-0.1, -0.05) is 6.92 Å². The van der Waals surface area contributed by atoms with Gasteiger partial charge in [0, 0.05) is 17.8 Å². The van der Waals surface area contributed by atoms with Gasteiger partial charge in [0.2, 0.25) is 0 Å². The minimum atomic E-state index is -0.520. The molecule has 0 aliphatic heterocycles. The van der Waals surface area contributed by atoms with Crippen molar-refractivity contribution in [1.82, 2.24) is 0 Å². The van der Waals surface area contributed by atoms with Gasteiger partial charge >= 0.3 is 0 Å². The van der Waals surface area contributed by atoms with Gasteiger partial charge in [-0.2, -0.15) is 0 Å². The van der Waals surface area contributed by atoms with E-state index >= 15 is 0 Å². The third kappa shape index (κ3) is 3.85. The van der Waals surface area contributed by atoms with Crippen molar-refractivity contribution in [3.63, 3.8) is 0 Å². The Bertz CT molecular complexity index is 650. The van der Waals surface area contributed by atoms with Crippen molar-refractivity contribution in [2.24, 2.45) is 0 Å². The second kappa shape index (κ2) is 6.76. The van der Waals surface area contributed by atoms with E-state index in [1.54, 1.807) is 12.1 Å². The number of halogens is 3. The minimum absolute atomic E-state index is 0.117. The Morgan fingerprint density at radius 2 is 1.95 bits per heavy atom. The van der Waals surface area contributed by atoms with Crippen molar-refractivity contribution in [2.75, 3.05) is 17.7 Å². The quantitative estimate of drug-likeness (QED) is 0.753. The number of anilines is 3. The zero-order chi connectivity index (χ0) is 15.4. The molecule has 112 valence electrons. The summed E-state index contributed by atoms with van der Waals surface area (Å²) in [4.78, 5) is 0. The van der Waals surface area contributed by atoms with E-state index in [1.807, 2.05) is 6.92 Å². The molecule has 0 aliphatic carbocycles. The van der Waals surface area contributed by atoms with Crippen LogP contribution < -0.4 is 15.8 Å². The highest BCUT2D eigenvalue weighted by molar-refractivity contribution is 9.10. The predicted molar refractivity (Wildman–Crippen MR) is 84.0 cm³/mol. The molecule has 0 aliphatic rings. The third-order valence-electron chi connectivity index (χ3n) is 2.76. The van der Waals surface area contributed by atoms with E-state index in [0.717, 1.165) is 6.42 Å². The second-order valence-corrected chi connectivity index (χ2v) is 5.33. The summed E-state index contributed by atoms with van der Waals surface area (Å²) in [6.07, 6.45) is 0.768. The molecular formula is C15H15BrF2N2O. The van der Waals surface area contributed by atoms with Crippen LogP contribution in [0.15, 0.2) is 34.8 Å².